The molecule has 3 aromatic rings. The largest absolute Gasteiger partial charge is 0.397 e. The van der Waals surface area contributed by atoms with E-state index in [4.69, 9.17) is 5.73 Å². The number of benzene rings is 1. The third-order valence-corrected chi connectivity index (χ3v) is 5.24. The lowest BCUT2D eigenvalue weighted by Crippen LogP contribution is -2.26. The number of aryl methyl sites for hydroxylation is 1. The van der Waals surface area contributed by atoms with Gasteiger partial charge in [-0.1, -0.05) is 18.2 Å². The number of amides is 1. The number of aromatic nitrogens is 1. The molecule has 0 aliphatic rings. The van der Waals surface area contributed by atoms with Crippen LogP contribution in [0.4, 0.5) is 5.69 Å². The quantitative estimate of drug-likeness (QED) is 0.804. The first-order valence-corrected chi connectivity index (χ1v) is 8.19. The number of rotatable bonds is 3. The molecule has 6 heteroatoms. The smallest absolute Gasteiger partial charge is 0.266 e. The zero-order chi connectivity index (χ0) is 15.0. The van der Waals surface area contributed by atoms with Gasteiger partial charge in [-0.15, -0.1) is 22.7 Å². The summed E-state index contributed by atoms with van der Waals surface area (Å²) in [5, 5.41) is 3.93. The van der Waals surface area contributed by atoms with Crippen LogP contribution in [0.15, 0.2) is 29.6 Å². The number of carbonyl (C=O) groups is 1. The van der Waals surface area contributed by atoms with Crippen molar-refractivity contribution in [3.8, 4) is 0 Å². The second-order valence-corrected chi connectivity index (χ2v) is 6.97. The van der Waals surface area contributed by atoms with Gasteiger partial charge in [-0.25, -0.2) is 4.98 Å². The number of carbonyl (C=O) groups excluding carboxylic acids is 1. The van der Waals surface area contributed by atoms with Crippen LogP contribution in [0.5, 0.6) is 0 Å². The standard InChI is InChI=1S/C15H15N3OS2/c1-9-17-10(8-20-9)7-18(2)15(19)14-13(16)11-5-3-4-6-12(11)21-14/h3-6,8H,7,16H2,1-2H3. The molecule has 0 aliphatic carbocycles. The summed E-state index contributed by atoms with van der Waals surface area (Å²) < 4.78 is 1.04. The molecule has 4 nitrogen and oxygen atoms in total. The van der Waals surface area contributed by atoms with E-state index in [2.05, 4.69) is 4.98 Å². The van der Waals surface area contributed by atoms with E-state index in [1.54, 1.807) is 23.3 Å². The second kappa shape index (κ2) is 5.46. The van der Waals surface area contributed by atoms with Crippen LogP contribution >= 0.6 is 22.7 Å². The minimum absolute atomic E-state index is 0.0562. The summed E-state index contributed by atoms with van der Waals surface area (Å²) in [4.78, 5) is 19.2. The number of nitrogens with zero attached hydrogens (tertiary/aromatic N) is 2. The van der Waals surface area contributed by atoms with Crippen LogP contribution in [-0.4, -0.2) is 22.8 Å². The van der Waals surface area contributed by atoms with Crippen LogP contribution in [0.2, 0.25) is 0 Å². The molecule has 0 fully saturated rings. The number of thiophene rings is 1. The third-order valence-electron chi connectivity index (χ3n) is 3.24. The van der Waals surface area contributed by atoms with Crippen molar-refractivity contribution >= 4 is 44.4 Å². The molecule has 2 aromatic heterocycles. The molecule has 0 spiro atoms. The van der Waals surface area contributed by atoms with Gasteiger partial charge in [0.2, 0.25) is 0 Å². The van der Waals surface area contributed by atoms with Gasteiger partial charge in [-0.3, -0.25) is 4.79 Å². The normalized spacial score (nSPS) is 11.0. The van der Waals surface area contributed by atoms with Crippen molar-refractivity contribution in [2.45, 2.75) is 13.5 Å². The molecule has 0 atom stereocenters. The SMILES string of the molecule is Cc1nc(CN(C)C(=O)c2sc3ccccc3c2N)cs1. The van der Waals surface area contributed by atoms with Crippen molar-refractivity contribution in [1.82, 2.24) is 9.88 Å². The van der Waals surface area contributed by atoms with E-state index in [0.29, 0.717) is 17.1 Å². The number of fused-ring (bicyclic) bond motifs is 1. The number of nitrogen functional groups attached to an aromatic ring is 1. The van der Waals surface area contributed by atoms with Crippen molar-refractivity contribution < 1.29 is 4.79 Å². The predicted molar refractivity (Wildman–Crippen MR) is 88.9 cm³/mol. The minimum Gasteiger partial charge on any atom is -0.397 e. The van der Waals surface area contributed by atoms with Crippen LogP contribution in [0.1, 0.15) is 20.4 Å². The molecule has 0 saturated heterocycles. The Bertz CT molecular complexity index is 806. The number of nitrogens with two attached hydrogens (primary N) is 1. The zero-order valence-corrected chi connectivity index (χ0v) is 13.4. The molecule has 21 heavy (non-hydrogen) atoms. The highest BCUT2D eigenvalue weighted by atomic mass is 32.1. The average Bonchev–Trinajstić information content (AvgIpc) is 3.03. The van der Waals surface area contributed by atoms with Crippen LogP contribution in [0, 0.1) is 6.92 Å². The first-order chi connectivity index (χ1) is 10.1. The van der Waals surface area contributed by atoms with E-state index in [0.717, 1.165) is 20.8 Å². The summed E-state index contributed by atoms with van der Waals surface area (Å²) >= 11 is 3.03. The summed E-state index contributed by atoms with van der Waals surface area (Å²) in [7, 11) is 1.78. The van der Waals surface area contributed by atoms with E-state index in [1.165, 1.54) is 11.3 Å². The lowest BCUT2D eigenvalue weighted by molar-refractivity contribution is 0.0789. The fourth-order valence-electron chi connectivity index (χ4n) is 2.19. The van der Waals surface area contributed by atoms with Crippen molar-refractivity contribution in [3.63, 3.8) is 0 Å². The number of anilines is 1. The topological polar surface area (TPSA) is 59.2 Å². The molecule has 0 radical (unpaired) electrons. The number of hydrogen-bond donors (Lipinski definition) is 1. The molecule has 2 heterocycles. The number of hydrogen-bond acceptors (Lipinski definition) is 5. The molecule has 3 rings (SSSR count). The van der Waals surface area contributed by atoms with Gasteiger partial charge < -0.3 is 10.6 Å². The Hall–Kier alpha value is -1.92. The highest BCUT2D eigenvalue weighted by molar-refractivity contribution is 7.21. The van der Waals surface area contributed by atoms with E-state index < -0.39 is 0 Å². The molecular formula is C15H15N3OS2. The molecule has 0 bridgehead atoms. The van der Waals surface area contributed by atoms with Gasteiger partial charge >= 0.3 is 0 Å². The van der Waals surface area contributed by atoms with E-state index in [-0.39, 0.29) is 5.91 Å². The monoisotopic (exact) mass is 317 g/mol. The molecule has 0 unspecified atom stereocenters. The Morgan fingerprint density at radius 1 is 1.38 bits per heavy atom. The summed E-state index contributed by atoms with van der Waals surface area (Å²) in [5.41, 5.74) is 7.61. The van der Waals surface area contributed by atoms with Crippen molar-refractivity contribution in [1.29, 1.82) is 0 Å². The Morgan fingerprint density at radius 3 is 2.81 bits per heavy atom. The first kappa shape index (κ1) is 14.0. The molecule has 1 aromatic carbocycles. The van der Waals surface area contributed by atoms with Gasteiger partial charge in [0, 0.05) is 22.5 Å². The van der Waals surface area contributed by atoms with Crippen LogP contribution in [0.3, 0.4) is 0 Å². The van der Waals surface area contributed by atoms with Crippen LogP contribution in [0.25, 0.3) is 10.1 Å². The number of thiazole rings is 1. The van der Waals surface area contributed by atoms with Crippen molar-refractivity contribution in [3.05, 3.63) is 45.2 Å². The Labute approximate surface area is 130 Å². The molecule has 2 N–H and O–H groups in total. The minimum atomic E-state index is -0.0562. The fourth-order valence-corrected chi connectivity index (χ4v) is 3.91. The highest BCUT2D eigenvalue weighted by Crippen LogP contribution is 2.34. The Morgan fingerprint density at radius 2 is 2.14 bits per heavy atom. The van der Waals surface area contributed by atoms with Gasteiger partial charge in [-0.05, 0) is 13.0 Å². The van der Waals surface area contributed by atoms with Crippen LogP contribution in [-0.2, 0) is 6.54 Å². The molecule has 1 amide bonds. The molecular weight excluding hydrogens is 302 g/mol. The predicted octanol–water partition coefficient (Wildman–Crippen LogP) is 3.52. The van der Waals surface area contributed by atoms with Gasteiger partial charge in [-0.2, -0.15) is 0 Å². The summed E-state index contributed by atoms with van der Waals surface area (Å²) in [6.07, 6.45) is 0. The highest BCUT2D eigenvalue weighted by Gasteiger charge is 2.20. The second-order valence-electron chi connectivity index (χ2n) is 4.86. The summed E-state index contributed by atoms with van der Waals surface area (Å²) in [6, 6.07) is 7.81. The van der Waals surface area contributed by atoms with E-state index in [9.17, 15) is 4.79 Å². The maximum Gasteiger partial charge on any atom is 0.266 e. The Kier molecular flexibility index (Phi) is 3.65. The molecule has 0 aliphatic heterocycles. The van der Waals surface area contributed by atoms with Gasteiger partial charge in [0.05, 0.1) is 22.9 Å². The molecule has 108 valence electrons. The lowest BCUT2D eigenvalue weighted by Gasteiger charge is -2.15. The van der Waals surface area contributed by atoms with Gasteiger partial charge in [0.15, 0.2) is 0 Å². The Balaban J connectivity index is 1.87. The third kappa shape index (κ3) is 2.64. The fraction of sp³-hybridized carbons (Fsp3) is 0.200. The first-order valence-electron chi connectivity index (χ1n) is 6.49. The van der Waals surface area contributed by atoms with Gasteiger partial charge in [0.25, 0.3) is 5.91 Å². The zero-order valence-electron chi connectivity index (χ0n) is 11.8. The van der Waals surface area contributed by atoms with Crippen molar-refractivity contribution in [2.75, 3.05) is 12.8 Å². The van der Waals surface area contributed by atoms with Crippen LogP contribution < -0.4 is 5.73 Å². The average molecular weight is 317 g/mol. The van der Waals surface area contributed by atoms with E-state index >= 15 is 0 Å². The maximum atomic E-state index is 12.6. The molecule has 0 saturated carbocycles. The van der Waals surface area contributed by atoms with Crippen molar-refractivity contribution in [2.24, 2.45) is 0 Å². The van der Waals surface area contributed by atoms with Gasteiger partial charge in [0.1, 0.15) is 4.88 Å². The maximum absolute atomic E-state index is 12.6. The summed E-state index contributed by atoms with van der Waals surface area (Å²) in [5.74, 6) is -0.0562. The summed E-state index contributed by atoms with van der Waals surface area (Å²) in [6.45, 7) is 2.46. The lowest BCUT2D eigenvalue weighted by atomic mass is 10.2. The van der Waals surface area contributed by atoms with E-state index in [1.807, 2.05) is 36.6 Å².